The average molecular weight is 119 g/mol. The molecule has 50 valence electrons. The van der Waals surface area contributed by atoms with Crippen molar-refractivity contribution >= 4 is 0 Å². The molecule has 1 atom stereocenters. The van der Waals surface area contributed by atoms with Gasteiger partial charge in [-0.15, -0.1) is 0 Å². The smallest absolute Gasteiger partial charge is 0.0973 e. The summed E-state index contributed by atoms with van der Waals surface area (Å²) in [7, 11) is 1.53. The van der Waals surface area contributed by atoms with Crippen molar-refractivity contribution in [1.29, 1.82) is 0 Å². The first-order valence-electron chi connectivity index (χ1n) is 2.54. The summed E-state index contributed by atoms with van der Waals surface area (Å²) < 4.78 is 4.67. The van der Waals surface area contributed by atoms with E-state index in [9.17, 15) is 0 Å². The largest absolute Gasteiger partial charge is 0.386 e. The van der Waals surface area contributed by atoms with Crippen LogP contribution < -0.4 is 5.73 Å². The first-order valence-corrected chi connectivity index (χ1v) is 2.54. The maximum Gasteiger partial charge on any atom is 0.0973 e. The second kappa shape index (κ2) is 3.02. The Morgan fingerprint density at radius 3 is 2.38 bits per heavy atom. The van der Waals surface area contributed by atoms with Gasteiger partial charge in [0.05, 0.1) is 12.2 Å². The minimum atomic E-state index is -0.852. The van der Waals surface area contributed by atoms with E-state index in [0.29, 0.717) is 6.61 Å². The topological polar surface area (TPSA) is 55.5 Å². The molecule has 0 bridgehead atoms. The van der Waals surface area contributed by atoms with Gasteiger partial charge in [0.25, 0.3) is 0 Å². The minimum absolute atomic E-state index is 0.237. The SMILES string of the molecule is COC[C@](C)(O)CN. The Kier molecular flexibility index (Phi) is 2.97. The first-order chi connectivity index (χ1) is 3.62. The minimum Gasteiger partial charge on any atom is -0.386 e. The van der Waals surface area contributed by atoms with Gasteiger partial charge in [-0.05, 0) is 6.92 Å². The highest BCUT2D eigenvalue weighted by Crippen LogP contribution is 1.98. The zero-order chi connectivity index (χ0) is 6.62. The Bertz CT molecular complexity index is 63.4. The quantitative estimate of drug-likeness (QED) is 0.518. The molecule has 0 saturated carbocycles. The van der Waals surface area contributed by atoms with Crippen molar-refractivity contribution in [3.63, 3.8) is 0 Å². The van der Waals surface area contributed by atoms with E-state index in [1.807, 2.05) is 0 Å². The third kappa shape index (κ3) is 2.96. The summed E-state index contributed by atoms with van der Waals surface area (Å²) in [6.45, 7) is 2.17. The summed E-state index contributed by atoms with van der Waals surface area (Å²) in [6.07, 6.45) is 0. The molecule has 3 N–H and O–H groups in total. The number of methoxy groups -OCH3 is 1. The van der Waals surface area contributed by atoms with Crippen LogP contribution in [-0.4, -0.2) is 31.0 Å². The van der Waals surface area contributed by atoms with Crippen molar-refractivity contribution < 1.29 is 9.84 Å². The molecule has 3 heteroatoms. The average Bonchev–Trinajstić information content (AvgIpc) is 1.67. The molecule has 0 rings (SSSR count). The van der Waals surface area contributed by atoms with Gasteiger partial charge in [0.2, 0.25) is 0 Å². The molecule has 0 aliphatic carbocycles. The van der Waals surface area contributed by atoms with Gasteiger partial charge in [-0.3, -0.25) is 0 Å². The van der Waals surface area contributed by atoms with Crippen molar-refractivity contribution in [2.24, 2.45) is 5.73 Å². The Labute approximate surface area is 49.4 Å². The molecule has 0 spiro atoms. The van der Waals surface area contributed by atoms with Crippen molar-refractivity contribution in [3.05, 3.63) is 0 Å². The van der Waals surface area contributed by atoms with Crippen LogP contribution in [0.4, 0.5) is 0 Å². The molecule has 3 nitrogen and oxygen atoms in total. The molecule has 0 fully saturated rings. The normalized spacial score (nSPS) is 18.0. The molecule has 0 aliphatic heterocycles. The summed E-state index contributed by atoms with van der Waals surface area (Å²) in [4.78, 5) is 0. The van der Waals surface area contributed by atoms with Crippen molar-refractivity contribution in [1.82, 2.24) is 0 Å². The van der Waals surface area contributed by atoms with Gasteiger partial charge in [-0.2, -0.15) is 0 Å². The van der Waals surface area contributed by atoms with Crippen molar-refractivity contribution in [2.75, 3.05) is 20.3 Å². The summed E-state index contributed by atoms with van der Waals surface area (Å²) in [5, 5.41) is 9.07. The lowest BCUT2D eigenvalue weighted by Crippen LogP contribution is -2.38. The number of ether oxygens (including phenoxy) is 1. The van der Waals surface area contributed by atoms with E-state index in [4.69, 9.17) is 10.8 Å². The monoisotopic (exact) mass is 119 g/mol. The number of hydrogen-bond donors (Lipinski definition) is 2. The highest BCUT2D eigenvalue weighted by atomic mass is 16.5. The molecular weight excluding hydrogens is 106 g/mol. The Balaban J connectivity index is 3.37. The number of nitrogens with two attached hydrogens (primary N) is 1. The van der Waals surface area contributed by atoms with Crippen molar-refractivity contribution in [3.8, 4) is 0 Å². The van der Waals surface area contributed by atoms with Crippen LogP contribution >= 0.6 is 0 Å². The van der Waals surface area contributed by atoms with E-state index >= 15 is 0 Å². The number of rotatable bonds is 3. The molecule has 0 saturated heterocycles. The predicted molar refractivity (Wildman–Crippen MR) is 31.6 cm³/mol. The zero-order valence-corrected chi connectivity index (χ0v) is 5.35. The van der Waals surface area contributed by atoms with Gasteiger partial charge in [-0.25, -0.2) is 0 Å². The Morgan fingerprint density at radius 1 is 1.75 bits per heavy atom. The lowest BCUT2D eigenvalue weighted by Gasteiger charge is -2.18. The van der Waals surface area contributed by atoms with Crippen LogP contribution in [0.5, 0.6) is 0 Å². The van der Waals surface area contributed by atoms with Crippen LogP contribution in [-0.2, 0) is 4.74 Å². The molecule has 0 aromatic heterocycles. The molecule has 8 heavy (non-hydrogen) atoms. The second-order valence-corrected chi connectivity index (χ2v) is 2.13. The maximum atomic E-state index is 9.07. The summed E-state index contributed by atoms with van der Waals surface area (Å²) in [5.41, 5.74) is 4.31. The third-order valence-electron chi connectivity index (χ3n) is 0.895. The maximum absolute atomic E-state index is 9.07. The van der Waals surface area contributed by atoms with Crippen LogP contribution in [0.25, 0.3) is 0 Å². The highest BCUT2D eigenvalue weighted by Gasteiger charge is 2.16. The summed E-state index contributed by atoms with van der Waals surface area (Å²) in [5.74, 6) is 0. The molecule has 0 aliphatic rings. The molecule has 0 aromatic carbocycles. The van der Waals surface area contributed by atoms with Gasteiger partial charge in [-0.1, -0.05) is 0 Å². The number of hydrogen-bond acceptors (Lipinski definition) is 3. The van der Waals surface area contributed by atoms with E-state index < -0.39 is 5.60 Å². The first kappa shape index (κ1) is 7.88. The highest BCUT2D eigenvalue weighted by molar-refractivity contribution is 4.71. The molecule has 0 aromatic rings. The van der Waals surface area contributed by atoms with E-state index in [1.165, 1.54) is 7.11 Å². The van der Waals surface area contributed by atoms with E-state index in [-0.39, 0.29) is 6.54 Å². The lowest BCUT2D eigenvalue weighted by atomic mass is 10.1. The van der Waals surface area contributed by atoms with Crippen LogP contribution in [0.1, 0.15) is 6.92 Å². The van der Waals surface area contributed by atoms with E-state index in [1.54, 1.807) is 6.92 Å². The molecule has 0 amide bonds. The Hall–Kier alpha value is -0.120. The summed E-state index contributed by atoms with van der Waals surface area (Å²) in [6, 6.07) is 0. The number of aliphatic hydroxyl groups is 1. The van der Waals surface area contributed by atoms with Gasteiger partial charge in [0.1, 0.15) is 0 Å². The van der Waals surface area contributed by atoms with E-state index in [0.717, 1.165) is 0 Å². The molecular formula is C5H13NO2. The molecule has 0 radical (unpaired) electrons. The third-order valence-corrected chi connectivity index (χ3v) is 0.895. The zero-order valence-electron chi connectivity index (χ0n) is 5.35. The lowest BCUT2D eigenvalue weighted by molar-refractivity contribution is -0.00942. The fraction of sp³-hybridized carbons (Fsp3) is 1.00. The van der Waals surface area contributed by atoms with Gasteiger partial charge in [0, 0.05) is 13.7 Å². The summed E-state index contributed by atoms with van der Waals surface area (Å²) >= 11 is 0. The van der Waals surface area contributed by atoms with Crippen molar-refractivity contribution in [2.45, 2.75) is 12.5 Å². The van der Waals surface area contributed by atoms with Crippen LogP contribution in [0.3, 0.4) is 0 Å². The fourth-order valence-electron chi connectivity index (χ4n) is 0.370. The van der Waals surface area contributed by atoms with Gasteiger partial charge in [0.15, 0.2) is 0 Å². The van der Waals surface area contributed by atoms with Gasteiger partial charge < -0.3 is 15.6 Å². The second-order valence-electron chi connectivity index (χ2n) is 2.13. The fourth-order valence-corrected chi connectivity index (χ4v) is 0.370. The molecule has 0 unspecified atom stereocenters. The Morgan fingerprint density at radius 2 is 2.25 bits per heavy atom. The van der Waals surface area contributed by atoms with E-state index in [2.05, 4.69) is 4.74 Å². The van der Waals surface area contributed by atoms with Crippen LogP contribution in [0.2, 0.25) is 0 Å². The van der Waals surface area contributed by atoms with Gasteiger partial charge >= 0.3 is 0 Å². The van der Waals surface area contributed by atoms with Crippen LogP contribution in [0, 0.1) is 0 Å². The molecule has 0 heterocycles. The predicted octanol–water partition coefficient (Wildman–Crippen LogP) is -0.657. The standard InChI is InChI=1S/C5H13NO2/c1-5(7,3-6)4-8-2/h7H,3-4,6H2,1-2H3/t5-/m1/s1. The van der Waals surface area contributed by atoms with Crippen LogP contribution in [0.15, 0.2) is 0 Å².